The van der Waals surface area contributed by atoms with Crippen LogP contribution in [0.4, 0.5) is 17.1 Å². The fourth-order valence-electron chi connectivity index (χ4n) is 3.14. The first-order valence-corrected chi connectivity index (χ1v) is 9.55. The minimum Gasteiger partial charge on any atom is -0.322 e. The highest BCUT2D eigenvalue weighted by atomic mass is 35.5. The number of hydrogen-bond acceptors (Lipinski definition) is 5. The lowest BCUT2D eigenvalue weighted by Crippen LogP contribution is -2.29. The average molecular weight is 456 g/mol. The summed E-state index contributed by atoms with van der Waals surface area (Å²) in [4.78, 5) is 49.5. The van der Waals surface area contributed by atoms with Crippen LogP contribution in [0.1, 0.15) is 31.1 Å². The zero-order chi connectivity index (χ0) is 22.3. The van der Waals surface area contributed by atoms with Crippen molar-refractivity contribution in [2.75, 3.05) is 10.2 Å². The van der Waals surface area contributed by atoms with Gasteiger partial charge in [-0.3, -0.25) is 24.5 Å². The monoisotopic (exact) mass is 455 g/mol. The number of halogens is 2. The molecular formula is C21H11Cl2N3O5. The second-order valence-corrected chi connectivity index (χ2v) is 7.38. The first kappa shape index (κ1) is 20.5. The third-order valence-electron chi connectivity index (χ3n) is 4.62. The number of anilines is 2. The molecule has 0 saturated heterocycles. The minimum atomic E-state index is -0.676. The lowest BCUT2D eigenvalue weighted by atomic mass is 10.1. The molecule has 0 unspecified atom stereocenters. The van der Waals surface area contributed by atoms with E-state index in [4.69, 9.17) is 23.2 Å². The molecule has 0 saturated carbocycles. The summed E-state index contributed by atoms with van der Waals surface area (Å²) in [6.45, 7) is 0. The van der Waals surface area contributed by atoms with E-state index in [0.717, 1.165) is 11.0 Å². The van der Waals surface area contributed by atoms with Crippen molar-refractivity contribution in [2.45, 2.75) is 0 Å². The Balaban J connectivity index is 1.63. The van der Waals surface area contributed by atoms with Gasteiger partial charge in [0.25, 0.3) is 23.4 Å². The highest BCUT2D eigenvalue weighted by Crippen LogP contribution is 2.31. The fourth-order valence-corrected chi connectivity index (χ4v) is 3.44. The van der Waals surface area contributed by atoms with Gasteiger partial charge in [-0.25, -0.2) is 4.90 Å². The summed E-state index contributed by atoms with van der Waals surface area (Å²) in [5, 5.41) is 14.3. The predicted molar refractivity (Wildman–Crippen MR) is 115 cm³/mol. The number of rotatable bonds is 4. The molecule has 0 aromatic heterocycles. The van der Waals surface area contributed by atoms with Gasteiger partial charge in [-0.1, -0.05) is 29.3 Å². The molecular weight excluding hydrogens is 445 g/mol. The van der Waals surface area contributed by atoms with Crippen molar-refractivity contribution in [3.05, 3.63) is 97.5 Å². The highest BCUT2D eigenvalue weighted by molar-refractivity contribution is 6.42. The molecule has 3 amide bonds. The fraction of sp³-hybridized carbons (Fsp3) is 0. The largest absolute Gasteiger partial charge is 0.322 e. The first-order valence-electron chi connectivity index (χ1n) is 8.80. The number of benzene rings is 3. The number of non-ortho nitro benzene ring substituents is 1. The number of nitrogens with zero attached hydrogens (tertiary/aromatic N) is 2. The van der Waals surface area contributed by atoms with Gasteiger partial charge >= 0.3 is 0 Å². The molecule has 154 valence electrons. The molecule has 0 aliphatic carbocycles. The number of hydrogen-bond donors (Lipinski definition) is 1. The molecule has 8 nitrogen and oxygen atoms in total. The number of nitro benzene ring substituents is 1. The van der Waals surface area contributed by atoms with Crippen LogP contribution in [0, 0.1) is 10.1 Å². The molecule has 1 aliphatic heterocycles. The zero-order valence-electron chi connectivity index (χ0n) is 15.5. The second-order valence-electron chi connectivity index (χ2n) is 6.57. The SMILES string of the molecule is O=C(Nc1ccc(Cl)c(Cl)c1)c1ccc2c(c1)C(=O)N(c1cccc([N+](=O)[O-])c1)C2=O. The summed E-state index contributed by atoms with van der Waals surface area (Å²) in [6.07, 6.45) is 0. The Bertz CT molecular complexity index is 1290. The Kier molecular flexibility index (Phi) is 5.18. The van der Waals surface area contributed by atoms with Gasteiger partial charge in [0.15, 0.2) is 0 Å². The van der Waals surface area contributed by atoms with Crippen LogP contribution < -0.4 is 10.2 Å². The first-order chi connectivity index (χ1) is 14.8. The van der Waals surface area contributed by atoms with Gasteiger partial charge in [-0.15, -0.1) is 0 Å². The summed E-state index contributed by atoms with van der Waals surface area (Å²) < 4.78 is 0. The highest BCUT2D eigenvalue weighted by Gasteiger charge is 2.37. The molecule has 4 rings (SSSR count). The van der Waals surface area contributed by atoms with Crippen molar-refractivity contribution in [3.63, 3.8) is 0 Å². The van der Waals surface area contributed by atoms with Gasteiger partial charge in [0.05, 0.1) is 31.8 Å². The third kappa shape index (κ3) is 3.74. The van der Waals surface area contributed by atoms with Crippen molar-refractivity contribution < 1.29 is 19.3 Å². The molecule has 3 aromatic carbocycles. The summed E-state index contributed by atoms with van der Waals surface area (Å²) in [6, 6.07) is 13.9. The Morgan fingerprint density at radius 1 is 0.903 bits per heavy atom. The molecule has 1 N–H and O–H groups in total. The van der Waals surface area contributed by atoms with Crippen LogP contribution >= 0.6 is 23.2 Å². The molecule has 31 heavy (non-hydrogen) atoms. The Labute approximate surface area is 185 Å². The van der Waals surface area contributed by atoms with E-state index in [9.17, 15) is 24.5 Å². The maximum atomic E-state index is 12.9. The van der Waals surface area contributed by atoms with Gasteiger partial charge in [0.2, 0.25) is 0 Å². The predicted octanol–water partition coefficient (Wildman–Crippen LogP) is 4.95. The van der Waals surface area contributed by atoms with Crippen LogP contribution in [0.25, 0.3) is 0 Å². The van der Waals surface area contributed by atoms with Gasteiger partial charge < -0.3 is 5.32 Å². The molecule has 1 aliphatic rings. The van der Waals surface area contributed by atoms with E-state index in [1.165, 1.54) is 48.5 Å². The quantitative estimate of drug-likeness (QED) is 0.339. The molecule has 1 heterocycles. The van der Waals surface area contributed by atoms with Gasteiger partial charge in [-0.2, -0.15) is 0 Å². The number of carbonyl (C=O) groups excluding carboxylic acids is 3. The van der Waals surface area contributed by atoms with Crippen LogP contribution in [-0.4, -0.2) is 22.6 Å². The molecule has 0 fully saturated rings. The Morgan fingerprint density at radius 2 is 1.65 bits per heavy atom. The summed E-state index contributed by atoms with van der Waals surface area (Å²) in [5.74, 6) is -1.82. The third-order valence-corrected chi connectivity index (χ3v) is 5.36. The van der Waals surface area contributed by atoms with E-state index >= 15 is 0 Å². The van der Waals surface area contributed by atoms with Crippen molar-refractivity contribution in [3.8, 4) is 0 Å². The number of nitrogens with one attached hydrogen (secondary N) is 1. The molecule has 0 bridgehead atoms. The molecule has 3 aromatic rings. The summed E-state index contributed by atoms with van der Waals surface area (Å²) >= 11 is 11.8. The summed E-state index contributed by atoms with van der Waals surface area (Å²) in [7, 11) is 0. The number of carbonyl (C=O) groups is 3. The van der Waals surface area contributed by atoms with Crippen molar-refractivity contribution >= 4 is 58.0 Å². The van der Waals surface area contributed by atoms with Crippen molar-refractivity contribution in [1.82, 2.24) is 0 Å². The van der Waals surface area contributed by atoms with Crippen LogP contribution in [0.15, 0.2) is 60.7 Å². The van der Waals surface area contributed by atoms with E-state index in [1.54, 1.807) is 6.07 Å². The minimum absolute atomic E-state index is 0.0262. The van der Waals surface area contributed by atoms with E-state index in [2.05, 4.69) is 5.32 Å². The number of nitro groups is 1. The number of amides is 3. The topological polar surface area (TPSA) is 110 Å². The van der Waals surface area contributed by atoms with Crippen LogP contribution in [0.2, 0.25) is 10.0 Å². The van der Waals surface area contributed by atoms with E-state index in [1.807, 2.05) is 0 Å². The van der Waals surface area contributed by atoms with Crippen LogP contribution in [0.5, 0.6) is 0 Å². The normalized spacial score (nSPS) is 12.6. The molecule has 0 radical (unpaired) electrons. The van der Waals surface area contributed by atoms with Crippen LogP contribution in [-0.2, 0) is 0 Å². The van der Waals surface area contributed by atoms with Gasteiger partial charge in [0, 0.05) is 23.4 Å². The Hall–Kier alpha value is -3.75. The zero-order valence-corrected chi connectivity index (χ0v) is 17.0. The lowest BCUT2D eigenvalue weighted by Gasteiger charge is -2.13. The van der Waals surface area contributed by atoms with E-state index in [0.29, 0.717) is 10.7 Å². The Morgan fingerprint density at radius 3 is 2.35 bits per heavy atom. The maximum absolute atomic E-state index is 12.9. The van der Waals surface area contributed by atoms with E-state index < -0.39 is 22.6 Å². The van der Waals surface area contributed by atoms with Gasteiger partial charge in [-0.05, 0) is 42.5 Å². The van der Waals surface area contributed by atoms with Crippen molar-refractivity contribution in [1.29, 1.82) is 0 Å². The number of imide groups is 1. The maximum Gasteiger partial charge on any atom is 0.271 e. The summed E-state index contributed by atoms with van der Waals surface area (Å²) in [5.41, 5.74) is 0.492. The number of fused-ring (bicyclic) bond motifs is 1. The van der Waals surface area contributed by atoms with Crippen molar-refractivity contribution in [2.24, 2.45) is 0 Å². The molecule has 0 atom stereocenters. The van der Waals surface area contributed by atoms with E-state index in [-0.39, 0.29) is 33.1 Å². The van der Waals surface area contributed by atoms with Crippen LogP contribution in [0.3, 0.4) is 0 Å². The molecule has 0 spiro atoms. The smallest absolute Gasteiger partial charge is 0.271 e. The molecule has 10 heteroatoms. The second kappa shape index (κ2) is 7.82. The average Bonchev–Trinajstić information content (AvgIpc) is 3.00. The standard InChI is InChI=1S/C21H11Cl2N3O5/c22-17-7-5-12(9-18(17)23)24-19(27)11-4-6-15-16(8-11)21(29)25(20(15)28)13-2-1-3-14(10-13)26(30)31/h1-10H,(H,24,27). The van der Waals surface area contributed by atoms with Gasteiger partial charge in [0.1, 0.15) is 0 Å². The lowest BCUT2D eigenvalue weighted by molar-refractivity contribution is -0.384.